The SMILES string of the molecule is CCCCN1C(=O)CCC(C(=O)OCc2noc(-c3ccc(F)cc3)n2)C1c1ccccc1OC. The minimum Gasteiger partial charge on any atom is -0.496 e. The maximum absolute atomic E-state index is 13.3. The summed E-state index contributed by atoms with van der Waals surface area (Å²) in [6.07, 6.45) is 2.39. The smallest absolute Gasteiger partial charge is 0.311 e. The number of ether oxygens (including phenoxy) is 2. The summed E-state index contributed by atoms with van der Waals surface area (Å²) in [5, 5.41) is 3.86. The van der Waals surface area contributed by atoms with E-state index < -0.39 is 17.9 Å². The molecule has 0 radical (unpaired) electrons. The van der Waals surface area contributed by atoms with Crippen LogP contribution in [0.3, 0.4) is 0 Å². The highest BCUT2D eigenvalue weighted by Gasteiger charge is 2.42. The summed E-state index contributed by atoms with van der Waals surface area (Å²) in [7, 11) is 1.57. The first kappa shape index (κ1) is 24.4. The molecule has 2 unspecified atom stereocenters. The molecule has 2 heterocycles. The number of halogens is 1. The van der Waals surface area contributed by atoms with Crippen LogP contribution in [0.2, 0.25) is 0 Å². The van der Waals surface area contributed by atoms with Gasteiger partial charge in [-0.15, -0.1) is 0 Å². The van der Waals surface area contributed by atoms with Crippen molar-refractivity contribution in [3.8, 4) is 17.2 Å². The second-order valence-corrected chi connectivity index (χ2v) is 8.40. The molecule has 0 N–H and O–H groups in total. The molecule has 2 aromatic carbocycles. The van der Waals surface area contributed by atoms with Gasteiger partial charge < -0.3 is 18.9 Å². The topological polar surface area (TPSA) is 94.8 Å². The molecule has 3 aromatic rings. The van der Waals surface area contributed by atoms with E-state index in [1.165, 1.54) is 24.3 Å². The first-order valence-corrected chi connectivity index (χ1v) is 11.7. The van der Waals surface area contributed by atoms with Crippen LogP contribution in [-0.2, 0) is 20.9 Å². The molecule has 0 bridgehead atoms. The van der Waals surface area contributed by atoms with Crippen molar-refractivity contribution in [3.05, 3.63) is 65.7 Å². The number of carbonyl (C=O) groups excluding carboxylic acids is 2. The number of aromatic nitrogens is 2. The minimum atomic E-state index is -0.565. The second-order valence-electron chi connectivity index (χ2n) is 8.40. The third-order valence-corrected chi connectivity index (χ3v) is 6.12. The van der Waals surface area contributed by atoms with E-state index in [-0.39, 0.29) is 36.5 Å². The quantitative estimate of drug-likeness (QED) is 0.409. The summed E-state index contributed by atoms with van der Waals surface area (Å²) in [6, 6.07) is 12.6. The predicted molar refractivity (Wildman–Crippen MR) is 125 cm³/mol. The number of likely N-dealkylation sites (tertiary alicyclic amines) is 1. The zero-order valence-corrected chi connectivity index (χ0v) is 19.8. The summed E-state index contributed by atoms with van der Waals surface area (Å²) in [5.74, 6) is -0.342. The van der Waals surface area contributed by atoms with Gasteiger partial charge in [-0.1, -0.05) is 36.7 Å². The van der Waals surface area contributed by atoms with E-state index in [0.29, 0.717) is 24.3 Å². The Balaban J connectivity index is 1.53. The van der Waals surface area contributed by atoms with E-state index in [1.54, 1.807) is 12.0 Å². The van der Waals surface area contributed by atoms with Gasteiger partial charge in [-0.3, -0.25) is 9.59 Å². The van der Waals surface area contributed by atoms with Crippen LogP contribution in [0, 0.1) is 11.7 Å². The van der Waals surface area contributed by atoms with Crippen LogP contribution in [0.25, 0.3) is 11.5 Å². The average Bonchev–Trinajstić information content (AvgIpc) is 3.36. The van der Waals surface area contributed by atoms with Gasteiger partial charge in [0.1, 0.15) is 11.6 Å². The highest BCUT2D eigenvalue weighted by molar-refractivity contribution is 5.82. The van der Waals surface area contributed by atoms with Crippen LogP contribution < -0.4 is 4.74 Å². The molecule has 184 valence electrons. The Kier molecular flexibility index (Phi) is 7.74. The molecular formula is C26H28FN3O5. The van der Waals surface area contributed by atoms with Crippen molar-refractivity contribution >= 4 is 11.9 Å². The molecule has 1 fully saturated rings. The first-order valence-electron chi connectivity index (χ1n) is 11.7. The zero-order chi connectivity index (χ0) is 24.8. The lowest BCUT2D eigenvalue weighted by molar-refractivity contribution is -0.158. The van der Waals surface area contributed by atoms with Crippen molar-refractivity contribution < 1.29 is 28.0 Å². The summed E-state index contributed by atoms with van der Waals surface area (Å²) in [6.45, 7) is 2.43. The monoisotopic (exact) mass is 481 g/mol. The number of carbonyl (C=O) groups is 2. The number of hydrogen-bond donors (Lipinski definition) is 0. The maximum Gasteiger partial charge on any atom is 0.311 e. The lowest BCUT2D eigenvalue weighted by Gasteiger charge is -2.40. The number of nitrogens with zero attached hydrogens (tertiary/aromatic N) is 3. The fourth-order valence-corrected chi connectivity index (χ4v) is 4.35. The summed E-state index contributed by atoms with van der Waals surface area (Å²) in [4.78, 5) is 32.1. The van der Waals surface area contributed by atoms with Crippen molar-refractivity contribution in [2.45, 2.75) is 45.3 Å². The van der Waals surface area contributed by atoms with Crippen LogP contribution in [0.4, 0.5) is 4.39 Å². The van der Waals surface area contributed by atoms with E-state index >= 15 is 0 Å². The highest BCUT2D eigenvalue weighted by Crippen LogP contribution is 2.41. The lowest BCUT2D eigenvalue weighted by atomic mass is 9.83. The standard InChI is InChI=1S/C26H28FN3O5/c1-3-4-15-30-23(31)14-13-20(24(30)19-7-5-6-8-21(19)33-2)26(32)34-16-22-28-25(35-29-22)17-9-11-18(27)12-10-17/h5-12,20,24H,3-4,13-16H2,1-2H3. The Morgan fingerprint density at radius 2 is 1.97 bits per heavy atom. The zero-order valence-electron chi connectivity index (χ0n) is 19.8. The average molecular weight is 482 g/mol. The molecule has 0 spiro atoms. The Bertz CT molecular complexity index is 1160. The first-order chi connectivity index (χ1) is 17.0. The molecule has 9 heteroatoms. The number of benzene rings is 2. The number of para-hydroxylation sites is 1. The number of methoxy groups -OCH3 is 1. The number of piperidine rings is 1. The van der Waals surface area contributed by atoms with Gasteiger partial charge in [0.25, 0.3) is 5.89 Å². The van der Waals surface area contributed by atoms with Crippen molar-refractivity contribution in [1.82, 2.24) is 15.0 Å². The van der Waals surface area contributed by atoms with Crippen LogP contribution in [0.1, 0.15) is 50.0 Å². The fourth-order valence-electron chi connectivity index (χ4n) is 4.35. The third kappa shape index (κ3) is 5.50. The van der Waals surface area contributed by atoms with E-state index in [1.807, 2.05) is 24.3 Å². The number of rotatable bonds is 9. The predicted octanol–water partition coefficient (Wildman–Crippen LogP) is 4.71. The molecule has 8 nitrogen and oxygen atoms in total. The van der Waals surface area contributed by atoms with E-state index in [9.17, 15) is 14.0 Å². The summed E-state index contributed by atoms with van der Waals surface area (Å²) in [5.41, 5.74) is 1.34. The Hall–Kier alpha value is -3.75. The van der Waals surface area contributed by atoms with E-state index in [4.69, 9.17) is 14.0 Å². The molecule has 1 aromatic heterocycles. The van der Waals surface area contributed by atoms with Crippen LogP contribution in [-0.4, -0.2) is 40.6 Å². The molecule has 0 aliphatic carbocycles. The molecule has 4 rings (SSSR count). The molecule has 1 saturated heterocycles. The molecule has 1 aliphatic heterocycles. The van der Waals surface area contributed by atoms with Crippen molar-refractivity contribution in [2.75, 3.05) is 13.7 Å². The Morgan fingerprint density at radius 1 is 1.20 bits per heavy atom. The summed E-state index contributed by atoms with van der Waals surface area (Å²) < 4.78 is 29.5. The van der Waals surface area contributed by atoms with Crippen LogP contribution in [0.5, 0.6) is 5.75 Å². The van der Waals surface area contributed by atoms with Gasteiger partial charge in [0, 0.05) is 24.1 Å². The molecule has 1 aliphatic rings. The summed E-state index contributed by atoms with van der Waals surface area (Å²) >= 11 is 0. The Morgan fingerprint density at radius 3 is 2.71 bits per heavy atom. The van der Waals surface area contributed by atoms with Gasteiger partial charge in [-0.25, -0.2) is 4.39 Å². The van der Waals surface area contributed by atoms with Crippen molar-refractivity contribution in [3.63, 3.8) is 0 Å². The highest BCUT2D eigenvalue weighted by atomic mass is 19.1. The van der Waals surface area contributed by atoms with Gasteiger partial charge in [0.2, 0.25) is 11.7 Å². The van der Waals surface area contributed by atoms with Gasteiger partial charge in [0.15, 0.2) is 6.61 Å². The van der Waals surface area contributed by atoms with Gasteiger partial charge in [-0.2, -0.15) is 4.98 Å². The van der Waals surface area contributed by atoms with Crippen LogP contribution in [0.15, 0.2) is 53.1 Å². The molecule has 2 atom stereocenters. The number of unbranched alkanes of at least 4 members (excludes halogenated alkanes) is 1. The Labute approximate surface area is 203 Å². The van der Waals surface area contributed by atoms with E-state index in [2.05, 4.69) is 17.1 Å². The third-order valence-electron chi connectivity index (χ3n) is 6.12. The van der Waals surface area contributed by atoms with E-state index in [0.717, 1.165) is 18.4 Å². The normalized spacial score (nSPS) is 17.9. The van der Waals surface area contributed by atoms with Gasteiger partial charge in [-0.05, 0) is 43.2 Å². The number of esters is 1. The largest absolute Gasteiger partial charge is 0.496 e. The van der Waals surface area contributed by atoms with Crippen molar-refractivity contribution in [1.29, 1.82) is 0 Å². The maximum atomic E-state index is 13.3. The number of amides is 1. The second kappa shape index (κ2) is 11.1. The van der Waals surface area contributed by atoms with Crippen molar-refractivity contribution in [2.24, 2.45) is 5.92 Å². The fraction of sp³-hybridized carbons (Fsp3) is 0.385. The van der Waals surface area contributed by atoms with Crippen LogP contribution >= 0.6 is 0 Å². The molecule has 0 saturated carbocycles. The van der Waals surface area contributed by atoms with Gasteiger partial charge in [0.05, 0.1) is 19.1 Å². The molecule has 1 amide bonds. The minimum absolute atomic E-state index is 0.0144. The molecule has 35 heavy (non-hydrogen) atoms. The van der Waals surface area contributed by atoms with Gasteiger partial charge >= 0.3 is 5.97 Å². The molecular weight excluding hydrogens is 453 g/mol. The lowest BCUT2D eigenvalue weighted by Crippen LogP contribution is -2.46. The number of hydrogen-bond acceptors (Lipinski definition) is 7.